The van der Waals surface area contributed by atoms with E-state index in [-0.39, 0.29) is 0 Å². The van der Waals surface area contributed by atoms with Crippen molar-refractivity contribution < 1.29 is 0 Å². The molecule has 2 heteroatoms. The van der Waals surface area contributed by atoms with Crippen molar-refractivity contribution in [1.82, 2.24) is 5.32 Å². The van der Waals surface area contributed by atoms with Crippen LogP contribution in [0.4, 0.5) is 0 Å². The van der Waals surface area contributed by atoms with Gasteiger partial charge in [0.25, 0.3) is 0 Å². The normalized spacial score (nSPS) is 11.5. The molecule has 0 aromatic carbocycles. The number of thioether (sulfide) groups is 1. The van der Waals surface area contributed by atoms with Crippen LogP contribution in [0.15, 0.2) is 12.7 Å². The summed E-state index contributed by atoms with van der Waals surface area (Å²) in [6.07, 6.45) is 4.02. The van der Waals surface area contributed by atoms with Crippen LogP contribution in [0.2, 0.25) is 0 Å². The first-order valence-electron chi connectivity index (χ1n) is 3.49. The minimum Gasteiger partial charge on any atom is -0.312 e. The van der Waals surface area contributed by atoms with Crippen molar-refractivity contribution in [2.45, 2.75) is 18.6 Å². The monoisotopic (exact) mass is 159 g/mol. The molecule has 0 aliphatic heterocycles. The highest BCUT2D eigenvalue weighted by Crippen LogP contribution is 2.19. The molecule has 0 atom stereocenters. The fraction of sp³-hybridized carbons (Fsp3) is 0.750. The van der Waals surface area contributed by atoms with Gasteiger partial charge in [-0.25, -0.2) is 0 Å². The minimum absolute atomic E-state index is 0.350. The molecule has 0 aromatic heterocycles. The number of hydrogen-bond acceptors (Lipinski definition) is 2. The van der Waals surface area contributed by atoms with E-state index in [0.29, 0.717) is 4.75 Å². The Morgan fingerprint density at radius 2 is 2.20 bits per heavy atom. The van der Waals surface area contributed by atoms with Gasteiger partial charge in [-0.15, -0.1) is 6.58 Å². The minimum atomic E-state index is 0.350. The first kappa shape index (κ1) is 10.0. The lowest BCUT2D eigenvalue weighted by Crippen LogP contribution is -2.31. The molecule has 0 unspecified atom stereocenters. The third kappa shape index (κ3) is 4.89. The zero-order valence-electron chi connectivity index (χ0n) is 7.11. The van der Waals surface area contributed by atoms with E-state index in [4.69, 9.17) is 0 Å². The first-order valence-corrected chi connectivity index (χ1v) is 4.71. The average Bonchev–Trinajstić information content (AvgIpc) is 1.89. The third-order valence-corrected chi connectivity index (χ3v) is 2.64. The topological polar surface area (TPSA) is 12.0 Å². The van der Waals surface area contributed by atoms with E-state index >= 15 is 0 Å². The lowest BCUT2D eigenvalue weighted by atomic mass is 10.2. The van der Waals surface area contributed by atoms with E-state index in [1.165, 1.54) is 0 Å². The maximum atomic E-state index is 3.64. The van der Waals surface area contributed by atoms with E-state index in [9.17, 15) is 0 Å². The van der Waals surface area contributed by atoms with Crippen molar-refractivity contribution in [3.8, 4) is 0 Å². The van der Waals surface area contributed by atoms with Crippen LogP contribution in [0.25, 0.3) is 0 Å². The summed E-state index contributed by atoms with van der Waals surface area (Å²) in [6.45, 7) is 10.0. The highest BCUT2D eigenvalue weighted by Gasteiger charge is 2.13. The van der Waals surface area contributed by atoms with Gasteiger partial charge in [0.15, 0.2) is 0 Å². The van der Waals surface area contributed by atoms with E-state index in [1.54, 1.807) is 0 Å². The molecule has 0 aliphatic carbocycles. The Labute approximate surface area is 68.3 Å². The summed E-state index contributed by atoms with van der Waals surface area (Å²) in [5.74, 6) is 0. The molecule has 0 aromatic rings. The van der Waals surface area contributed by atoms with Crippen LogP contribution in [0, 0.1) is 0 Å². The standard InChI is InChI=1S/C8H17NS/c1-5-6-9-7-8(2,3)10-4/h5,9H,1,6-7H2,2-4H3. The molecule has 0 bridgehead atoms. The summed E-state index contributed by atoms with van der Waals surface area (Å²) in [7, 11) is 0. The zero-order chi connectivity index (χ0) is 8.04. The molecule has 0 rings (SSSR count). The van der Waals surface area contributed by atoms with Crippen LogP contribution in [0.5, 0.6) is 0 Å². The van der Waals surface area contributed by atoms with Gasteiger partial charge in [-0.05, 0) is 20.1 Å². The average molecular weight is 159 g/mol. The van der Waals surface area contributed by atoms with E-state index < -0.39 is 0 Å². The van der Waals surface area contributed by atoms with E-state index in [2.05, 4.69) is 32.0 Å². The number of hydrogen-bond donors (Lipinski definition) is 1. The van der Waals surface area contributed by atoms with Crippen molar-refractivity contribution in [2.75, 3.05) is 19.3 Å². The smallest absolute Gasteiger partial charge is 0.0225 e. The van der Waals surface area contributed by atoms with Gasteiger partial charge in [0.2, 0.25) is 0 Å². The zero-order valence-corrected chi connectivity index (χ0v) is 7.92. The van der Waals surface area contributed by atoms with E-state index in [0.717, 1.165) is 13.1 Å². The molecule has 60 valence electrons. The second-order valence-corrected chi connectivity index (χ2v) is 4.40. The third-order valence-electron chi connectivity index (χ3n) is 1.39. The second-order valence-electron chi connectivity index (χ2n) is 2.88. The summed E-state index contributed by atoms with van der Waals surface area (Å²) < 4.78 is 0.350. The van der Waals surface area contributed by atoms with Gasteiger partial charge in [0.1, 0.15) is 0 Å². The maximum absolute atomic E-state index is 3.64. The summed E-state index contributed by atoms with van der Waals surface area (Å²) in [6, 6.07) is 0. The lowest BCUT2D eigenvalue weighted by molar-refractivity contribution is 0.622. The summed E-state index contributed by atoms with van der Waals surface area (Å²) in [5, 5.41) is 3.29. The van der Waals surface area contributed by atoms with Crippen LogP contribution < -0.4 is 5.32 Å². The molecule has 0 aliphatic rings. The first-order chi connectivity index (χ1) is 4.62. The Bertz CT molecular complexity index is 99.4. The largest absolute Gasteiger partial charge is 0.312 e. The van der Waals surface area contributed by atoms with Gasteiger partial charge in [-0.2, -0.15) is 11.8 Å². The van der Waals surface area contributed by atoms with Crippen LogP contribution in [0.3, 0.4) is 0 Å². The fourth-order valence-corrected chi connectivity index (χ4v) is 0.794. The van der Waals surface area contributed by atoms with Crippen molar-refractivity contribution >= 4 is 11.8 Å². The quantitative estimate of drug-likeness (QED) is 0.486. The molecule has 1 N–H and O–H groups in total. The van der Waals surface area contributed by atoms with Crippen LogP contribution in [0.1, 0.15) is 13.8 Å². The number of nitrogens with one attached hydrogen (secondary N) is 1. The molecule has 0 spiro atoms. The van der Waals surface area contributed by atoms with Gasteiger partial charge >= 0.3 is 0 Å². The van der Waals surface area contributed by atoms with Gasteiger partial charge in [-0.3, -0.25) is 0 Å². The van der Waals surface area contributed by atoms with Gasteiger partial charge in [0.05, 0.1) is 0 Å². The molecule has 0 heterocycles. The molecule has 0 amide bonds. The van der Waals surface area contributed by atoms with Gasteiger partial charge in [0, 0.05) is 17.8 Å². The Hall–Kier alpha value is 0.0500. The molecule has 0 radical (unpaired) electrons. The van der Waals surface area contributed by atoms with Crippen molar-refractivity contribution in [2.24, 2.45) is 0 Å². The SMILES string of the molecule is C=CCNCC(C)(C)SC. The van der Waals surface area contributed by atoms with Crippen LogP contribution >= 0.6 is 11.8 Å². The van der Waals surface area contributed by atoms with Crippen molar-refractivity contribution in [1.29, 1.82) is 0 Å². The molecular weight excluding hydrogens is 142 g/mol. The molecular formula is C8H17NS. The fourth-order valence-electron chi connectivity index (χ4n) is 0.547. The predicted molar refractivity (Wildman–Crippen MR) is 50.7 cm³/mol. The van der Waals surface area contributed by atoms with Crippen molar-refractivity contribution in [3.05, 3.63) is 12.7 Å². The lowest BCUT2D eigenvalue weighted by Gasteiger charge is -2.21. The molecule has 0 saturated carbocycles. The van der Waals surface area contributed by atoms with Gasteiger partial charge in [-0.1, -0.05) is 6.08 Å². The number of rotatable bonds is 5. The second kappa shape index (κ2) is 4.80. The molecule has 1 nitrogen and oxygen atoms in total. The maximum Gasteiger partial charge on any atom is 0.0225 e. The Kier molecular flexibility index (Phi) is 4.83. The van der Waals surface area contributed by atoms with Crippen LogP contribution in [-0.4, -0.2) is 24.1 Å². The molecule has 10 heavy (non-hydrogen) atoms. The summed E-state index contributed by atoms with van der Waals surface area (Å²) >= 11 is 1.88. The summed E-state index contributed by atoms with van der Waals surface area (Å²) in [4.78, 5) is 0. The highest BCUT2D eigenvalue weighted by molar-refractivity contribution is 7.99. The highest BCUT2D eigenvalue weighted by atomic mass is 32.2. The Morgan fingerprint density at radius 1 is 1.60 bits per heavy atom. The van der Waals surface area contributed by atoms with Crippen molar-refractivity contribution in [3.63, 3.8) is 0 Å². The Balaban J connectivity index is 3.36. The Morgan fingerprint density at radius 3 is 2.60 bits per heavy atom. The van der Waals surface area contributed by atoms with Gasteiger partial charge < -0.3 is 5.32 Å². The predicted octanol–water partition coefficient (Wildman–Crippen LogP) is 1.90. The summed E-state index contributed by atoms with van der Waals surface area (Å²) in [5.41, 5.74) is 0. The van der Waals surface area contributed by atoms with Crippen LogP contribution in [-0.2, 0) is 0 Å². The molecule has 0 saturated heterocycles. The van der Waals surface area contributed by atoms with E-state index in [1.807, 2.05) is 17.8 Å². The molecule has 0 fully saturated rings.